The van der Waals surface area contributed by atoms with Gasteiger partial charge < -0.3 is 5.41 Å². The second-order valence-electron chi connectivity index (χ2n) is 2.58. The summed E-state index contributed by atoms with van der Waals surface area (Å²) in [5.41, 5.74) is -0.00380. The Balaban J connectivity index is 3.26. The number of nitrogens with zero attached hydrogens (tertiary/aromatic N) is 1. The molecule has 0 aliphatic heterocycles. The van der Waals surface area contributed by atoms with Gasteiger partial charge >= 0.3 is 0 Å². The Hall–Kier alpha value is -1.78. The molecule has 0 atom stereocenters. The fraction of sp³-hybridized carbons (Fsp3) is 0.125. The summed E-state index contributed by atoms with van der Waals surface area (Å²) in [6, 6.07) is 3.09. The van der Waals surface area contributed by atoms with Crippen molar-refractivity contribution in [3.63, 3.8) is 0 Å². The topological polar surface area (TPSA) is 67.0 Å². The standard InChI is InChI=1S/C8H7FN2O2/c1-5(10)6-2-7(9)4-8(3-6)11(12)13/h2-4,10H,1H3. The highest BCUT2D eigenvalue weighted by Gasteiger charge is 2.10. The Morgan fingerprint density at radius 1 is 1.54 bits per heavy atom. The summed E-state index contributed by atoms with van der Waals surface area (Å²) < 4.78 is 12.7. The van der Waals surface area contributed by atoms with E-state index in [2.05, 4.69) is 0 Å². The Morgan fingerprint density at radius 3 is 2.62 bits per heavy atom. The molecule has 13 heavy (non-hydrogen) atoms. The molecule has 0 heterocycles. The molecule has 0 fully saturated rings. The summed E-state index contributed by atoms with van der Waals surface area (Å²) in [5.74, 6) is -0.698. The molecule has 0 amide bonds. The lowest BCUT2D eigenvalue weighted by atomic mass is 10.1. The number of nitro groups is 1. The average molecular weight is 182 g/mol. The van der Waals surface area contributed by atoms with E-state index in [9.17, 15) is 14.5 Å². The molecule has 1 aromatic rings. The monoisotopic (exact) mass is 182 g/mol. The predicted molar refractivity (Wildman–Crippen MR) is 45.6 cm³/mol. The molecule has 68 valence electrons. The first-order valence-corrected chi connectivity index (χ1v) is 3.51. The van der Waals surface area contributed by atoms with Crippen molar-refractivity contribution in [3.05, 3.63) is 39.7 Å². The van der Waals surface area contributed by atoms with Crippen LogP contribution in [0.3, 0.4) is 0 Å². The van der Waals surface area contributed by atoms with E-state index in [-0.39, 0.29) is 17.0 Å². The molecule has 0 radical (unpaired) electrons. The van der Waals surface area contributed by atoms with Crippen LogP contribution in [0, 0.1) is 21.3 Å². The normalized spacial score (nSPS) is 9.69. The number of non-ortho nitro benzene ring substituents is 1. The van der Waals surface area contributed by atoms with Gasteiger partial charge in [0.2, 0.25) is 0 Å². The number of nitro benzene ring substituents is 1. The minimum absolute atomic E-state index is 0.0996. The molecule has 0 bridgehead atoms. The van der Waals surface area contributed by atoms with Gasteiger partial charge in [-0.3, -0.25) is 10.1 Å². The average Bonchev–Trinajstić information content (AvgIpc) is 2.03. The number of nitrogens with one attached hydrogen (secondary N) is 1. The summed E-state index contributed by atoms with van der Waals surface area (Å²) >= 11 is 0. The van der Waals surface area contributed by atoms with Gasteiger partial charge in [-0.15, -0.1) is 0 Å². The SMILES string of the molecule is CC(=N)c1cc(F)cc([N+](=O)[O-])c1. The molecule has 0 unspecified atom stereocenters. The molecule has 0 saturated heterocycles. The van der Waals surface area contributed by atoms with Crippen molar-refractivity contribution in [3.8, 4) is 0 Å². The van der Waals surface area contributed by atoms with Crippen LogP contribution in [0.2, 0.25) is 0 Å². The lowest BCUT2D eigenvalue weighted by Gasteiger charge is -1.98. The zero-order valence-electron chi connectivity index (χ0n) is 6.87. The Labute approximate surface area is 73.7 Å². The number of halogens is 1. The lowest BCUT2D eigenvalue weighted by Crippen LogP contribution is -1.96. The minimum atomic E-state index is -0.698. The van der Waals surface area contributed by atoms with E-state index in [1.165, 1.54) is 13.0 Å². The van der Waals surface area contributed by atoms with Gasteiger partial charge in [0.25, 0.3) is 5.69 Å². The van der Waals surface area contributed by atoms with E-state index < -0.39 is 10.7 Å². The van der Waals surface area contributed by atoms with Gasteiger partial charge in [0.15, 0.2) is 0 Å². The van der Waals surface area contributed by atoms with E-state index in [0.29, 0.717) is 0 Å². The third kappa shape index (κ3) is 2.08. The summed E-state index contributed by atoms with van der Waals surface area (Å²) in [4.78, 5) is 9.61. The Kier molecular flexibility index (Phi) is 2.36. The summed E-state index contributed by atoms with van der Waals surface area (Å²) in [5, 5.41) is 17.5. The molecule has 0 spiro atoms. The van der Waals surface area contributed by atoms with Crippen LogP contribution in [-0.4, -0.2) is 10.6 Å². The van der Waals surface area contributed by atoms with Crippen LogP contribution in [0.1, 0.15) is 12.5 Å². The first-order valence-electron chi connectivity index (χ1n) is 3.51. The number of rotatable bonds is 2. The molecule has 1 aromatic carbocycles. The maximum atomic E-state index is 12.7. The highest BCUT2D eigenvalue weighted by Crippen LogP contribution is 2.16. The molecule has 0 aliphatic carbocycles. The first-order chi connectivity index (χ1) is 6.00. The molecule has 1 rings (SSSR count). The highest BCUT2D eigenvalue weighted by atomic mass is 19.1. The molecular weight excluding hydrogens is 175 g/mol. The van der Waals surface area contributed by atoms with Crippen LogP contribution in [0.25, 0.3) is 0 Å². The van der Waals surface area contributed by atoms with Crippen LogP contribution in [0.15, 0.2) is 18.2 Å². The summed E-state index contributed by atoms with van der Waals surface area (Å²) in [6.07, 6.45) is 0. The predicted octanol–water partition coefficient (Wildman–Crippen LogP) is 2.12. The van der Waals surface area contributed by atoms with Crippen molar-refractivity contribution in [1.82, 2.24) is 0 Å². The van der Waals surface area contributed by atoms with Crippen molar-refractivity contribution in [2.75, 3.05) is 0 Å². The van der Waals surface area contributed by atoms with Gasteiger partial charge in [0.1, 0.15) is 5.82 Å². The van der Waals surface area contributed by atoms with Crippen molar-refractivity contribution in [2.24, 2.45) is 0 Å². The van der Waals surface area contributed by atoms with Gasteiger partial charge in [-0.2, -0.15) is 0 Å². The van der Waals surface area contributed by atoms with Gasteiger partial charge in [0, 0.05) is 17.3 Å². The maximum absolute atomic E-state index is 12.7. The Bertz CT molecular complexity index is 344. The van der Waals surface area contributed by atoms with Crippen molar-refractivity contribution in [2.45, 2.75) is 6.92 Å². The van der Waals surface area contributed by atoms with Crippen molar-refractivity contribution in [1.29, 1.82) is 5.41 Å². The molecule has 0 aliphatic rings. The van der Waals surface area contributed by atoms with E-state index in [0.717, 1.165) is 12.1 Å². The van der Waals surface area contributed by atoms with Crippen LogP contribution in [-0.2, 0) is 0 Å². The van der Waals surface area contributed by atoms with E-state index in [4.69, 9.17) is 5.41 Å². The lowest BCUT2D eigenvalue weighted by molar-refractivity contribution is -0.385. The fourth-order valence-electron chi connectivity index (χ4n) is 0.896. The van der Waals surface area contributed by atoms with E-state index in [1.807, 2.05) is 0 Å². The van der Waals surface area contributed by atoms with Crippen LogP contribution in [0.5, 0.6) is 0 Å². The smallest absolute Gasteiger partial charge is 0.273 e. The second kappa shape index (κ2) is 3.30. The first kappa shape index (κ1) is 9.31. The quantitative estimate of drug-likeness (QED) is 0.432. The molecule has 1 N–H and O–H groups in total. The third-order valence-electron chi connectivity index (χ3n) is 1.53. The molecule has 4 nitrogen and oxygen atoms in total. The zero-order chi connectivity index (χ0) is 10.0. The molecule has 0 aromatic heterocycles. The van der Waals surface area contributed by atoms with E-state index in [1.54, 1.807) is 0 Å². The van der Waals surface area contributed by atoms with Gasteiger partial charge in [-0.1, -0.05) is 0 Å². The number of hydrogen-bond acceptors (Lipinski definition) is 3. The largest absolute Gasteiger partial charge is 0.305 e. The Morgan fingerprint density at radius 2 is 2.15 bits per heavy atom. The second-order valence-corrected chi connectivity index (χ2v) is 2.58. The minimum Gasteiger partial charge on any atom is -0.305 e. The number of hydrogen-bond donors (Lipinski definition) is 1. The maximum Gasteiger partial charge on any atom is 0.273 e. The van der Waals surface area contributed by atoms with Crippen LogP contribution >= 0.6 is 0 Å². The highest BCUT2D eigenvalue weighted by molar-refractivity contribution is 5.96. The van der Waals surface area contributed by atoms with Crippen LogP contribution < -0.4 is 0 Å². The van der Waals surface area contributed by atoms with Crippen LogP contribution in [0.4, 0.5) is 10.1 Å². The third-order valence-corrected chi connectivity index (χ3v) is 1.53. The van der Waals surface area contributed by atoms with E-state index >= 15 is 0 Å². The van der Waals surface area contributed by atoms with Gasteiger partial charge in [0.05, 0.1) is 11.0 Å². The molecule has 0 saturated carbocycles. The summed E-state index contributed by atoms with van der Waals surface area (Å²) in [7, 11) is 0. The van der Waals surface area contributed by atoms with Crippen molar-refractivity contribution >= 4 is 11.4 Å². The zero-order valence-corrected chi connectivity index (χ0v) is 6.87. The van der Waals surface area contributed by atoms with Crippen molar-refractivity contribution < 1.29 is 9.31 Å². The summed E-state index contributed by atoms with van der Waals surface area (Å²) in [6.45, 7) is 1.44. The van der Waals surface area contributed by atoms with Gasteiger partial charge in [-0.05, 0) is 13.0 Å². The number of benzene rings is 1. The molecule has 5 heteroatoms. The van der Waals surface area contributed by atoms with Gasteiger partial charge in [-0.25, -0.2) is 4.39 Å². The molecular formula is C8H7FN2O2. The fourth-order valence-corrected chi connectivity index (χ4v) is 0.896.